The van der Waals surface area contributed by atoms with E-state index < -0.39 is 0 Å². The SMILES string of the molecule is CCCOc1cccc(C(=O)NCCCOC)c1. The number of carbonyl (C=O) groups excluding carboxylic acids is 1. The van der Waals surface area contributed by atoms with E-state index in [0.29, 0.717) is 25.3 Å². The molecule has 0 aliphatic heterocycles. The number of ether oxygens (including phenoxy) is 2. The maximum Gasteiger partial charge on any atom is 0.251 e. The van der Waals surface area contributed by atoms with Gasteiger partial charge in [-0.15, -0.1) is 0 Å². The van der Waals surface area contributed by atoms with Crippen molar-refractivity contribution in [2.24, 2.45) is 0 Å². The Hall–Kier alpha value is -1.55. The molecule has 0 saturated heterocycles. The zero-order chi connectivity index (χ0) is 13.2. The highest BCUT2D eigenvalue weighted by Gasteiger charge is 2.05. The smallest absolute Gasteiger partial charge is 0.251 e. The van der Waals surface area contributed by atoms with Gasteiger partial charge < -0.3 is 14.8 Å². The minimum absolute atomic E-state index is 0.0759. The molecule has 4 nitrogen and oxygen atoms in total. The van der Waals surface area contributed by atoms with Gasteiger partial charge in [0.25, 0.3) is 5.91 Å². The van der Waals surface area contributed by atoms with E-state index in [9.17, 15) is 4.79 Å². The van der Waals surface area contributed by atoms with E-state index in [1.807, 2.05) is 19.1 Å². The summed E-state index contributed by atoms with van der Waals surface area (Å²) in [6.45, 7) is 3.98. The van der Waals surface area contributed by atoms with Crippen LogP contribution in [0.3, 0.4) is 0 Å². The van der Waals surface area contributed by atoms with Crippen molar-refractivity contribution in [2.45, 2.75) is 19.8 Å². The Morgan fingerprint density at radius 3 is 2.89 bits per heavy atom. The number of hydrogen-bond acceptors (Lipinski definition) is 3. The monoisotopic (exact) mass is 251 g/mol. The average Bonchev–Trinajstić information content (AvgIpc) is 2.41. The van der Waals surface area contributed by atoms with Crippen LogP contribution in [0.1, 0.15) is 30.1 Å². The maximum absolute atomic E-state index is 11.8. The first-order valence-corrected chi connectivity index (χ1v) is 6.28. The summed E-state index contributed by atoms with van der Waals surface area (Å²) in [4.78, 5) is 11.8. The molecule has 1 rings (SSSR count). The lowest BCUT2D eigenvalue weighted by Crippen LogP contribution is -2.25. The Kier molecular flexibility index (Phi) is 6.87. The van der Waals surface area contributed by atoms with Gasteiger partial charge in [0.05, 0.1) is 6.61 Å². The highest BCUT2D eigenvalue weighted by molar-refractivity contribution is 5.94. The molecule has 4 heteroatoms. The van der Waals surface area contributed by atoms with Crippen molar-refractivity contribution in [3.05, 3.63) is 29.8 Å². The minimum atomic E-state index is -0.0759. The number of nitrogens with one attached hydrogen (secondary N) is 1. The van der Waals surface area contributed by atoms with Crippen molar-refractivity contribution >= 4 is 5.91 Å². The van der Waals surface area contributed by atoms with Crippen LogP contribution < -0.4 is 10.1 Å². The first kappa shape index (κ1) is 14.5. The molecule has 1 amide bonds. The van der Waals surface area contributed by atoms with Crippen LogP contribution in [0.4, 0.5) is 0 Å². The van der Waals surface area contributed by atoms with Crippen LogP contribution in [0.5, 0.6) is 5.75 Å². The van der Waals surface area contributed by atoms with Gasteiger partial charge in [0.1, 0.15) is 5.75 Å². The van der Waals surface area contributed by atoms with Crippen molar-refractivity contribution in [3.8, 4) is 5.75 Å². The molecule has 100 valence electrons. The molecule has 0 fully saturated rings. The molecule has 0 unspecified atom stereocenters. The molecular weight excluding hydrogens is 230 g/mol. The Bertz CT molecular complexity index is 366. The number of benzene rings is 1. The third kappa shape index (κ3) is 5.19. The lowest BCUT2D eigenvalue weighted by molar-refractivity contribution is 0.0948. The highest BCUT2D eigenvalue weighted by atomic mass is 16.5. The lowest BCUT2D eigenvalue weighted by atomic mass is 10.2. The Balaban J connectivity index is 2.46. The predicted octanol–water partition coefficient (Wildman–Crippen LogP) is 2.24. The molecule has 0 spiro atoms. The van der Waals surface area contributed by atoms with Crippen molar-refractivity contribution in [3.63, 3.8) is 0 Å². The van der Waals surface area contributed by atoms with Crippen LogP contribution in [-0.4, -0.2) is 32.8 Å². The van der Waals surface area contributed by atoms with Gasteiger partial charge in [0, 0.05) is 25.8 Å². The summed E-state index contributed by atoms with van der Waals surface area (Å²) in [5, 5.41) is 2.84. The van der Waals surface area contributed by atoms with Gasteiger partial charge >= 0.3 is 0 Å². The van der Waals surface area contributed by atoms with Crippen LogP contribution in [0, 0.1) is 0 Å². The van der Waals surface area contributed by atoms with Crippen LogP contribution in [0.2, 0.25) is 0 Å². The first-order chi connectivity index (χ1) is 8.77. The average molecular weight is 251 g/mol. The molecule has 0 aliphatic rings. The predicted molar refractivity (Wildman–Crippen MR) is 71.1 cm³/mol. The van der Waals surface area contributed by atoms with Crippen LogP contribution >= 0.6 is 0 Å². The van der Waals surface area contributed by atoms with Gasteiger partial charge in [0.15, 0.2) is 0 Å². The zero-order valence-corrected chi connectivity index (χ0v) is 11.1. The summed E-state index contributed by atoms with van der Waals surface area (Å²) in [6, 6.07) is 7.23. The second-order valence-corrected chi connectivity index (χ2v) is 3.98. The van der Waals surface area contributed by atoms with E-state index in [4.69, 9.17) is 9.47 Å². The minimum Gasteiger partial charge on any atom is -0.494 e. The molecule has 1 N–H and O–H groups in total. The van der Waals surface area contributed by atoms with E-state index >= 15 is 0 Å². The fraction of sp³-hybridized carbons (Fsp3) is 0.500. The first-order valence-electron chi connectivity index (χ1n) is 6.28. The molecule has 0 saturated carbocycles. The molecule has 1 aromatic rings. The Morgan fingerprint density at radius 1 is 1.33 bits per heavy atom. The highest BCUT2D eigenvalue weighted by Crippen LogP contribution is 2.13. The molecule has 1 aromatic carbocycles. The van der Waals surface area contributed by atoms with E-state index in [1.165, 1.54) is 0 Å². The summed E-state index contributed by atoms with van der Waals surface area (Å²) in [7, 11) is 1.65. The molecule has 18 heavy (non-hydrogen) atoms. The standard InChI is InChI=1S/C14H21NO3/c1-3-9-18-13-7-4-6-12(11-13)14(16)15-8-5-10-17-2/h4,6-7,11H,3,5,8-10H2,1-2H3,(H,15,16). The largest absolute Gasteiger partial charge is 0.494 e. The number of rotatable bonds is 8. The van der Waals surface area contributed by atoms with Gasteiger partial charge in [-0.25, -0.2) is 0 Å². The van der Waals surface area contributed by atoms with E-state index in [0.717, 1.165) is 18.6 Å². The molecule has 0 radical (unpaired) electrons. The Labute approximate surface area is 108 Å². The topological polar surface area (TPSA) is 47.6 Å². The van der Waals surface area contributed by atoms with Crippen LogP contribution in [0.15, 0.2) is 24.3 Å². The molecular formula is C14H21NO3. The molecule has 0 aromatic heterocycles. The Morgan fingerprint density at radius 2 is 2.17 bits per heavy atom. The van der Waals surface area contributed by atoms with Crippen LogP contribution in [-0.2, 0) is 4.74 Å². The molecule has 0 atom stereocenters. The quantitative estimate of drug-likeness (QED) is 0.721. The number of methoxy groups -OCH3 is 1. The fourth-order valence-corrected chi connectivity index (χ4v) is 1.47. The number of hydrogen-bond donors (Lipinski definition) is 1. The van der Waals surface area contributed by atoms with Gasteiger partial charge in [0.2, 0.25) is 0 Å². The summed E-state index contributed by atoms with van der Waals surface area (Å²) in [5.74, 6) is 0.662. The van der Waals surface area contributed by atoms with E-state index in [-0.39, 0.29) is 5.91 Å². The van der Waals surface area contributed by atoms with Crippen molar-refractivity contribution in [1.29, 1.82) is 0 Å². The van der Waals surface area contributed by atoms with Gasteiger partial charge in [-0.1, -0.05) is 13.0 Å². The molecule has 0 heterocycles. The second kappa shape index (κ2) is 8.53. The second-order valence-electron chi connectivity index (χ2n) is 3.98. The normalized spacial score (nSPS) is 10.1. The van der Waals surface area contributed by atoms with Crippen molar-refractivity contribution in [1.82, 2.24) is 5.32 Å². The molecule has 0 bridgehead atoms. The third-order valence-corrected chi connectivity index (χ3v) is 2.38. The number of amides is 1. The van der Waals surface area contributed by atoms with Gasteiger partial charge in [-0.2, -0.15) is 0 Å². The summed E-state index contributed by atoms with van der Waals surface area (Å²) >= 11 is 0. The van der Waals surface area contributed by atoms with E-state index in [1.54, 1.807) is 19.2 Å². The van der Waals surface area contributed by atoms with E-state index in [2.05, 4.69) is 5.32 Å². The van der Waals surface area contributed by atoms with Gasteiger partial charge in [-0.3, -0.25) is 4.79 Å². The molecule has 0 aliphatic carbocycles. The number of carbonyl (C=O) groups is 1. The fourth-order valence-electron chi connectivity index (χ4n) is 1.47. The summed E-state index contributed by atoms with van der Waals surface area (Å²) in [5.41, 5.74) is 0.626. The van der Waals surface area contributed by atoms with Crippen molar-refractivity contribution < 1.29 is 14.3 Å². The van der Waals surface area contributed by atoms with Crippen molar-refractivity contribution in [2.75, 3.05) is 26.9 Å². The summed E-state index contributed by atoms with van der Waals surface area (Å²) in [6.07, 6.45) is 1.77. The maximum atomic E-state index is 11.8. The van der Waals surface area contributed by atoms with Gasteiger partial charge in [-0.05, 0) is 31.0 Å². The van der Waals surface area contributed by atoms with Crippen LogP contribution in [0.25, 0.3) is 0 Å². The summed E-state index contributed by atoms with van der Waals surface area (Å²) < 4.78 is 10.4. The lowest BCUT2D eigenvalue weighted by Gasteiger charge is -2.08. The zero-order valence-electron chi connectivity index (χ0n) is 11.1. The third-order valence-electron chi connectivity index (χ3n) is 2.38.